The number of methoxy groups -OCH3 is 1. The van der Waals surface area contributed by atoms with Crippen molar-refractivity contribution in [2.45, 2.75) is 33.1 Å². The fourth-order valence-electron chi connectivity index (χ4n) is 2.23. The Morgan fingerprint density at radius 2 is 1.89 bits per heavy atom. The second-order valence-electron chi connectivity index (χ2n) is 5.86. The van der Waals surface area contributed by atoms with Crippen molar-refractivity contribution in [2.75, 3.05) is 19.5 Å². The Labute approximate surface area is 115 Å². The first kappa shape index (κ1) is 13.7. The van der Waals surface area contributed by atoms with E-state index in [0.29, 0.717) is 0 Å². The molecular formula is C16H22N2O. The second-order valence-corrected chi connectivity index (χ2v) is 5.86. The highest BCUT2D eigenvalue weighted by Crippen LogP contribution is 2.35. The number of nitrogens with zero attached hydrogens (tertiary/aromatic N) is 1. The van der Waals surface area contributed by atoms with Crippen LogP contribution in [0.1, 0.15) is 32.0 Å². The van der Waals surface area contributed by atoms with Crippen molar-refractivity contribution in [2.24, 2.45) is 0 Å². The summed E-state index contributed by atoms with van der Waals surface area (Å²) in [5.74, 6) is 0.822. The topological polar surface area (TPSA) is 34.2 Å². The molecule has 0 aliphatic heterocycles. The molecule has 0 saturated heterocycles. The molecule has 0 spiro atoms. The minimum absolute atomic E-state index is 0.00848. The average molecular weight is 258 g/mol. The molecule has 3 heteroatoms. The van der Waals surface area contributed by atoms with Crippen molar-refractivity contribution in [3.05, 3.63) is 29.5 Å². The molecule has 0 bridgehead atoms. The summed E-state index contributed by atoms with van der Waals surface area (Å²) in [5, 5.41) is 4.41. The third kappa shape index (κ3) is 2.37. The molecule has 19 heavy (non-hydrogen) atoms. The lowest BCUT2D eigenvalue weighted by molar-refractivity contribution is 0.418. The summed E-state index contributed by atoms with van der Waals surface area (Å²) in [7, 11) is 3.63. The molecule has 2 rings (SSSR count). The van der Waals surface area contributed by atoms with Crippen LogP contribution in [0.5, 0.6) is 5.75 Å². The molecule has 1 aromatic carbocycles. The quantitative estimate of drug-likeness (QED) is 0.887. The number of hydrogen-bond donors (Lipinski definition) is 1. The highest BCUT2D eigenvalue weighted by atomic mass is 16.5. The Hall–Kier alpha value is -1.77. The van der Waals surface area contributed by atoms with Gasteiger partial charge in [0, 0.05) is 29.2 Å². The van der Waals surface area contributed by atoms with Gasteiger partial charge in [-0.3, -0.25) is 0 Å². The van der Waals surface area contributed by atoms with Crippen LogP contribution >= 0.6 is 0 Å². The minimum Gasteiger partial charge on any atom is -0.494 e. The molecule has 2 aromatic rings. The summed E-state index contributed by atoms with van der Waals surface area (Å²) in [6, 6.07) is 6.19. The maximum atomic E-state index is 5.46. The van der Waals surface area contributed by atoms with Crippen LogP contribution in [0, 0.1) is 6.92 Å². The molecule has 0 radical (unpaired) electrons. The molecule has 0 saturated carbocycles. The molecule has 0 amide bonds. The first-order valence-electron chi connectivity index (χ1n) is 6.55. The van der Waals surface area contributed by atoms with Gasteiger partial charge in [0.2, 0.25) is 0 Å². The van der Waals surface area contributed by atoms with Crippen molar-refractivity contribution in [3.63, 3.8) is 0 Å². The molecule has 0 atom stereocenters. The van der Waals surface area contributed by atoms with Gasteiger partial charge in [-0.15, -0.1) is 0 Å². The zero-order valence-electron chi connectivity index (χ0n) is 12.6. The van der Waals surface area contributed by atoms with Gasteiger partial charge in [-0.05, 0) is 24.6 Å². The Morgan fingerprint density at radius 3 is 2.42 bits per heavy atom. The van der Waals surface area contributed by atoms with E-state index in [1.165, 1.54) is 5.56 Å². The predicted molar refractivity (Wildman–Crippen MR) is 81.3 cm³/mol. The van der Waals surface area contributed by atoms with Crippen LogP contribution < -0.4 is 10.1 Å². The van der Waals surface area contributed by atoms with E-state index < -0.39 is 0 Å². The predicted octanol–water partition coefficient (Wildman–Crippen LogP) is 3.89. The summed E-state index contributed by atoms with van der Waals surface area (Å²) in [5.41, 5.74) is 4.31. The number of fused-ring (bicyclic) bond motifs is 1. The van der Waals surface area contributed by atoms with Crippen LogP contribution in [-0.4, -0.2) is 19.1 Å². The zero-order chi connectivity index (χ0) is 14.2. The standard InChI is InChI=1S/C16H22N2O/c1-10-7-8-12(19-6)15-14(10)11(17-5)9-13(18-15)16(2,3)4/h7-9H,1-6H3,(H,17,18). The first-order chi connectivity index (χ1) is 8.88. The largest absolute Gasteiger partial charge is 0.494 e. The van der Waals surface area contributed by atoms with Crippen LogP contribution in [-0.2, 0) is 5.41 Å². The van der Waals surface area contributed by atoms with E-state index in [2.05, 4.69) is 45.1 Å². The zero-order valence-corrected chi connectivity index (χ0v) is 12.6. The van der Waals surface area contributed by atoms with Gasteiger partial charge >= 0.3 is 0 Å². The summed E-state index contributed by atoms with van der Waals surface area (Å²) in [6.45, 7) is 8.61. The second kappa shape index (κ2) is 4.72. The highest BCUT2D eigenvalue weighted by Gasteiger charge is 2.19. The van der Waals surface area contributed by atoms with E-state index in [-0.39, 0.29) is 5.41 Å². The first-order valence-corrected chi connectivity index (χ1v) is 6.55. The van der Waals surface area contributed by atoms with Crippen LogP contribution in [0.4, 0.5) is 5.69 Å². The summed E-state index contributed by atoms with van der Waals surface area (Å²) in [6.07, 6.45) is 0. The maximum absolute atomic E-state index is 5.46. The van der Waals surface area contributed by atoms with E-state index in [1.54, 1.807) is 7.11 Å². The lowest BCUT2D eigenvalue weighted by Gasteiger charge is -2.21. The van der Waals surface area contributed by atoms with E-state index in [4.69, 9.17) is 9.72 Å². The molecule has 0 aliphatic carbocycles. The number of rotatable bonds is 2. The average Bonchev–Trinajstić information content (AvgIpc) is 2.37. The van der Waals surface area contributed by atoms with E-state index in [9.17, 15) is 0 Å². The molecule has 1 N–H and O–H groups in total. The number of aryl methyl sites for hydroxylation is 1. The van der Waals surface area contributed by atoms with Gasteiger partial charge in [-0.25, -0.2) is 4.98 Å². The van der Waals surface area contributed by atoms with Gasteiger partial charge in [-0.1, -0.05) is 26.8 Å². The van der Waals surface area contributed by atoms with Crippen molar-refractivity contribution >= 4 is 16.6 Å². The fraction of sp³-hybridized carbons (Fsp3) is 0.438. The van der Waals surface area contributed by atoms with Gasteiger partial charge in [0.25, 0.3) is 0 Å². The molecule has 0 unspecified atom stereocenters. The Bertz CT molecular complexity index is 612. The normalized spacial score (nSPS) is 11.7. The number of anilines is 1. The van der Waals surface area contributed by atoms with Gasteiger partial charge in [0.1, 0.15) is 11.3 Å². The molecule has 1 heterocycles. The number of pyridine rings is 1. The highest BCUT2D eigenvalue weighted by molar-refractivity contribution is 5.97. The number of nitrogens with one attached hydrogen (secondary N) is 1. The third-order valence-corrected chi connectivity index (χ3v) is 3.39. The molecular weight excluding hydrogens is 236 g/mol. The van der Waals surface area contributed by atoms with Crippen molar-refractivity contribution in [1.82, 2.24) is 4.98 Å². The summed E-state index contributed by atoms with van der Waals surface area (Å²) < 4.78 is 5.46. The van der Waals surface area contributed by atoms with Crippen molar-refractivity contribution in [1.29, 1.82) is 0 Å². The third-order valence-electron chi connectivity index (χ3n) is 3.39. The van der Waals surface area contributed by atoms with Gasteiger partial charge < -0.3 is 10.1 Å². The summed E-state index contributed by atoms with van der Waals surface area (Å²) >= 11 is 0. The minimum atomic E-state index is 0.00848. The van der Waals surface area contributed by atoms with Crippen LogP contribution in [0.2, 0.25) is 0 Å². The molecule has 0 aliphatic rings. The lowest BCUT2D eigenvalue weighted by atomic mass is 9.90. The van der Waals surface area contributed by atoms with Gasteiger partial charge in [0.05, 0.1) is 7.11 Å². The van der Waals surface area contributed by atoms with Crippen LogP contribution in [0.15, 0.2) is 18.2 Å². The molecule has 102 valence electrons. The lowest BCUT2D eigenvalue weighted by Crippen LogP contribution is -2.14. The molecule has 1 aromatic heterocycles. The monoisotopic (exact) mass is 258 g/mol. The molecule has 0 fully saturated rings. The van der Waals surface area contributed by atoms with E-state index in [1.807, 2.05) is 13.1 Å². The van der Waals surface area contributed by atoms with E-state index >= 15 is 0 Å². The number of benzene rings is 1. The van der Waals surface area contributed by atoms with Crippen molar-refractivity contribution < 1.29 is 4.74 Å². The maximum Gasteiger partial charge on any atom is 0.145 e. The van der Waals surface area contributed by atoms with Gasteiger partial charge in [-0.2, -0.15) is 0 Å². The number of aromatic nitrogens is 1. The SMILES string of the molecule is CNc1cc(C(C)(C)C)nc2c(OC)ccc(C)c12. The molecule has 3 nitrogen and oxygen atoms in total. The number of ether oxygens (including phenoxy) is 1. The van der Waals surface area contributed by atoms with Crippen LogP contribution in [0.25, 0.3) is 10.9 Å². The fourth-order valence-corrected chi connectivity index (χ4v) is 2.23. The summed E-state index contributed by atoms with van der Waals surface area (Å²) in [4.78, 5) is 4.82. The smallest absolute Gasteiger partial charge is 0.145 e. The Kier molecular flexibility index (Phi) is 3.40. The van der Waals surface area contributed by atoms with E-state index in [0.717, 1.165) is 28.0 Å². The van der Waals surface area contributed by atoms with Gasteiger partial charge in [0.15, 0.2) is 0 Å². The van der Waals surface area contributed by atoms with Crippen LogP contribution in [0.3, 0.4) is 0 Å². The Morgan fingerprint density at radius 1 is 1.21 bits per heavy atom. The number of hydrogen-bond acceptors (Lipinski definition) is 3. The van der Waals surface area contributed by atoms with Crippen molar-refractivity contribution in [3.8, 4) is 5.75 Å². The Balaban J connectivity index is 2.88.